The average molecular weight is 510 g/mol. The number of piperazine rings is 1. The van der Waals surface area contributed by atoms with E-state index in [-0.39, 0.29) is 22.4 Å². The van der Waals surface area contributed by atoms with Crippen LogP contribution in [-0.4, -0.2) is 71.7 Å². The van der Waals surface area contributed by atoms with Gasteiger partial charge in [0.05, 0.1) is 5.56 Å². The van der Waals surface area contributed by atoms with E-state index >= 15 is 0 Å². The van der Waals surface area contributed by atoms with Crippen LogP contribution in [0.5, 0.6) is 0 Å². The third-order valence-electron chi connectivity index (χ3n) is 6.02. The minimum atomic E-state index is -1.10. The first kappa shape index (κ1) is 25.5. The number of ether oxygens (including phenoxy) is 1. The molecule has 1 saturated heterocycles. The number of hydrogen-bond donors (Lipinski definition) is 1. The number of carbonyl (C=O) groups excluding carboxylic acids is 2. The summed E-state index contributed by atoms with van der Waals surface area (Å²) in [5, 5.41) is 10.4. The van der Waals surface area contributed by atoms with Crippen LogP contribution in [0.3, 0.4) is 0 Å². The average Bonchev–Trinajstić information content (AvgIpc) is 3.23. The Morgan fingerprint density at radius 2 is 1.64 bits per heavy atom. The van der Waals surface area contributed by atoms with E-state index < -0.39 is 11.6 Å². The number of benzene rings is 2. The van der Waals surface area contributed by atoms with E-state index in [1.807, 2.05) is 57.2 Å². The minimum Gasteiger partial charge on any atom is -0.478 e. The largest absolute Gasteiger partial charge is 0.478 e. The fourth-order valence-corrected chi connectivity index (χ4v) is 5.51. The summed E-state index contributed by atoms with van der Waals surface area (Å²) in [6.07, 6.45) is -0.307. The van der Waals surface area contributed by atoms with Crippen LogP contribution in [-0.2, 0) is 11.3 Å². The number of carbonyl (C=O) groups is 3. The number of rotatable bonds is 5. The normalized spacial score (nSPS) is 14.1. The van der Waals surface area contributed by atoms with E-state index in [0.29, 0.717) is 38.1 Å². The molecule has 1 aliphatic rings. The van der Waals surface area contributed by atoms with Gasteiger partial charge in [-0.15, -0.1) is 11.3 Å². The van der Waals surface area contributed by atoms with Crippen molar-refractivity contribution in [3.63, 3.8) is 0 Å². The highest BCUT2D eigenvalue weighted by Crippen LogP contribution is 2.33. The van der Waals surface area contributed by atoms with Crippen LogP contribution in [0.25, 0.3) is 10.1 Å². The molecule has 0 bridgehead atoms. The van der Waals surface area contributed by atoms with Gasteiger partial charge in [0.25, 0.3) is 5.91 Å². The zero-order chi connectivity index (χ0) is 26.0. The molecule has 1 fully saturated rings. The second-order valence-corrected chi connectivity index (χ2v) is 10.9. The van der Waals surface area contributed by atoms with E-state index in [0.717, 1.165) is 16.0 Å². The smallest absolute Gasteiger partial charge is 0.410 e. The molecular weight excluding hydrogens is 478 g/mol. The van der Waals surface area contributed by atoms with Crippen molar-refractivity contribution in [3.8, 4) is 0 Å². The lowest BCUT2D eigenvalue weighted by Crippen LogP contribution is -2.50. The van der Waals surface area contributed by atoms with E-state index in [2.05, 4.69) is 4.90 Å². The van der Waals surface area contributed by atoms with Gasteiger partial charge in [0, 0.05) is 55.5 Å². The monoisotopic (exact) mass is 509 g/mol. The summed E-state index contributed by atoms with van der Waals surface area (Å²) >= 11 is 1.21. The van der Waals surface area contributed by atoms with Gasteiger partial charge in [-0.25, -0.2) is 9.59 Å². The molecule has 1 aliphatic heterocycles. The van der Waals surface area contributed by atoms with Gasteiger partial charge >= 0.3 is 12.1 Å². The first-order valence-corrected chi connectivity index (χ1v) is 12.7. The van der Waals surface area contributed by atoms with Crippen molar-refractivity contribution in [3.05, 3.63) is 64.5 Å². The highest BCUT2D eigenvalue weighted by Gasteiger charge is 2.28. The standard InChI is InChI=1S/C27H31N3O5S/c1-27(2,3)35-26(34)30-15-13-29(14-16-30)20-11-7-5-9-18(20)17-28(4)24(31)23-22(25(32)33)19-10-6-8-12-21(19)36-23/h5-12H,13-17H2,1-4H3,(H,32,33). The van der Waals surface area contributed by atoms with Crippen LogP contribution in [0.2, 0.25) is 0 Å². The molecule has 0 unspecified atom stereocenters. The number of para-hydroxylation sites is 1. The Morgan fingerprint density at radius 3 is 2.31 bits per heavy atom. The van der Waals surface area contributed by atoms with E-state index in [1.165, 1.54) is 11.3 Å². The summed E-state index contributed by atoms with van der Waals surface area (Å²) in [6.45, 7) is 8.27. The fraction of sp³-hybridized carbons (Fsp3) is 0.370. The van der Waals surface area contributed by atoms with Crippen LogP contribution in [0.15, 0.2) is 48.5 Å². The number of fused-ring (bicyclic) bond motifs is 1. The Bertz CT molecular complexity index is 1290. The Morgan fingerprint density at radius 1 is 1.00 bits per heavy atom. The number of thiophene rings is 1. The lowest BCUT2D eigenvalue weighted by atomic mass is 10.1. The molecule has 0 spiro atoms. The predicted molar refractivity (Wildman–Crippen MR) is 141 cm³/mol. The molecule has 0 atom stereocenters. The van der Waals surface area contributed by atoms with Gasteiger partial charge in [0.1, 0.15) is 10.5 Å². The maximum atomic E-state index is 13.4. The molecule has 3 aromatic rings. The van der Waals surface area contributed by atoms with E-state index in [9.17, 15) is 19.5 Å². The quantitative estimate of drug-likeness (QED) is 0.525. The predicted octanol–water partition coefficient (Wildman–Crippen LogP) is 4.93. The molecule has 8 nitrogen and oxygen atoms in total. The van der Waals surface area contributed by atoms with Crippen molar-refractivity contribution in [1.82, 2.24) is 9.80 Å². The molecule has 0 radical (unpaired) electrons. The summed E-state index contributed by atoms with van der Waals surface area (Å²) in [5.41, 5.74) is 1.47. The summed E-state index contributed by atoms with van der Waals surface area (Å²) in [7, 11) is 1.69. The van der Waals surface area contributed by atoms with Crippen LogP contribution in [0.4, 0.5) is 10.5 Å². The third kappa shape index (κ3) is 5.46. The number of aromatic carboxylic acids is 1. The lowest BCUT2D eigenvalue weighted by Gasteiger charge is -2.37. The Labute approximate surface area is 214 Å². The number of amides is 2. The summed E-state index contributed by atoms with van der Waals surface area (Å²) in [6, 6.07) is 15.0. The summed E-state index contributed by atoms with van der Waals surface area (Å²) < 4.78 is 6.27. The molecule has 2 amide bonds. The first-order valence-electron chi connectivity index (χ1n) is 11.9. The van der Waals surface area contributed by atoms with Crippen LogP contribution >= 0.6 is 11.3 Å². The van der Waals surface area contributed by atoms with E-state index in [1.54, 1.807) is 29.0 Å². The van der Waals surface area contributed by atoms with Gasteiger partial charge < -0.3 is 24.5 Å². The lowest BCUT2D eigenvalue weighted by molar-refractivity contribution is 0.0240. The minimum absolute atomic E-state index is 0.0546. The van der Waals surface area contributed by atoms with Crippen molar-refractivity contribution >= 4 is 45.1 Å². The summed E-state index contributed by atoms with van der Waals surface area (Å²) in [5.74, 6) is -1.43. The molecular formula is C27H31N3O5S. The number of hydrogen-bond acceptors (Lipinski definition) is 6. The number of carboxylic acid groups (broad SMARTS) is 1. The molecule has 2 aromatic carbocycles. The molecule has 190 valence electrons. The Hall–Kier alpha value is -3.59. The number of anilines is 1. The number of carboxylic acids is 1. The number of nitrogens with zero attached hydrogens (tertiary/aromatic N) is 3. The third-order valence-corrected chi connectivity index (χ3v) is 7.18. The Kier molecular flexibility index (Phi) is 7.21. The molecule has 0 aliphatic carbocycles. The van der Waals surface area contributed by atoms with Gasteiger partial charge in [-0.2, -0.15) is 0 Å². The Balaban J connectivity index is 1.49. The van der Waals surface area contributed by atoms with Crippen molar-refractivity contribution in [2.45, 2.75) is 32.9 Å². The highest BCUT2D eigenvalue weighted by atomic mass is 32.1. The highest BCUT2D eigenvalue weighted by molar-refractivity contribution is 7.21. The maximum Gasteiger partial charge on any atom is 0.410 e. The van der Waals surface area contributed by atoms with Crippen molar-refractivity contribution in [2.24, 2.45) is 0 Å². The summed E-state index contributed by atoms with van der Waals surface area (Å²) in [4.78, 5) is 43.5. The van der Waals surface area contributed by atoms with Gasteiger partial charge in [-0.05, 0) is 38.5 Å². The molecule has 2 heterocycles. The van der Waals surface area contributed by atoms with Crippen LogP contribution in [0, 0.1) is 0 Å². The molecule has 4 rings (SSSR count). The topological polar surface area (TPSA) is 90.4 Å². The van der Waals surface area contributed by atoms with Crippen molar-refractivity contribution in [1.29, 1.82) is 0 Å². The van der Waals surface area contributed by atoms with Crippen molar-refractivity contribution < 1.29 is 24.2 Å². The molecule has 1 aromatic heterocycles. The SMILES string of the molecule is CN(Cc1ccccc1N1CCN(C(=O)OC(C)(C)C)CC1)C(=O)c1sc2ccccc2c1C(=O)O. The second-order valence-electron chi connectivity index (χ2n) is 9.85. The maximum absolute atomic E-state index is 13.4. The van der Waals surface area contributed by atoms with Gasteiger partial charge in [0.15, 0.2) is 0 Å². The molecule has 0 saturated carbocycles. The van der Waals surface area contributed by atoms with Gasteiger partial charge in [-0.1, -0.05) is 36.4 Å². The zero-order valence-electron chi connectivity index (χ0n) is 21.0. The van der Waals surface area contributed by atoms with Gasteiger partial charge in [0.2, 0.25) is 0 Å². The van der Waals surface area contributed by atoms with Crippen LogP contribution < -0.4 is 4.90 Å². The molecule has 36 heavy (non-hydrogen) atoms. The fourth-order valence-electron chi connectivity index (χ4n) is 4.32. The molecule has 1 N–H and O–H groups in total. The second kappa shape index (κ2) is 10.2. The zero-order valence-corrected chi connectivity index (χ0v) is 21.8. The van der Waals surface area contributed by atoms with Crippen molar-refractivity contribution in [2.75, 3.05) is 38.1 Å². The van der Waals surface area contributed by atoms with Gasteiger partial charge in [-0.3, -0.25) is 4.79 Å². The molecule has 9 heteroatoms. The first-order chi connectivity index (χ1) is 17.0. The van der Waals surface area contributed by atoms with E-state index in [4.69, 9.17) is 4.74 Å². The van der Waals surface area contributed by atoms with Crippen LogP contribution in [0.1, 0.15) is 46.4 Å².